The van der Waals surface area contributed by atoms with E-state index in [9.17, 15) is 30.0 Å². The Hall–Kier alpha value is -0.600. The first-order valence-electron chi connectivity index (χ1n) is 33.1. The van der Waals surface area contributed by atoms with Crippen LogP contribution >= 0.6 is 21.6 Å². The molecule has 0 bridgehead atoms. The number of hydrogen-bond acceptors (Lipinski definition) is 10. The molecule has 76 heavy (non-hydrogen) atoms. The van der Waals surface area contributed by atoms with Crippen molar-refractivity contribution in [2.45, 2.75) is 335 Å². The topological polar surface area (TPSA) is 146 Å². The highest BCUT2D eigenvalue weighted by Gasteiger charge is 2.18. The van der Waals surface area contributed by atoms with Crippen LogP contribution in [0.15, 0.2) is 0 Å². The van der Waals surface area contributed by atoms with E-state index in [1.54, 1.807) is 21.6 Å². The van der Waals surface area contributed by atoms with E-state index in [2.05, 4.69) is 48.1 Å². The minimum atomic E-state index is -0.364. The molecule has 12 heteroatoms. The maximum atomic E-state index is 12.6. The van der Waals surface area contributed by atoms with Crippen molar-refractivity contribution in [2.75, 3.05) is 63.9 Å². The molecule has 0 aliphatic heterocycles. The second-order valence-electron chi connectivity index (χ2n) is 23.2. The van der Waals surface area contributed by atoms with Gasteiger partial charge < -0.3 is 31.1 Å². The average molecular weight is 1120 g/mol. The van der Waals surface area contributed by atoms with E-state index < -0.39 is 0 Å². The quantitative estimate of drug-likeness (QED) is 0.0257. The summed E-state index contributed by atoms with van der Waals surface area (Å²) in [5.74, 6) is 2.02. The van der Waals surface area contributed by atoms with Gasteiger partial charge in [0.1, 0.15) is 0 Å². The van der Waals surface area contributed by atoms with Crippen LogP contribution in [0.1, 0.15) is 310 Å². The minimum Gasteiger partial charge on any atom is -0.392 e. The lowest BCUT2D eigenvalue weighted by Crippen LogP contribution is -2.39. The maximum Gasteiger partial charge on any atom is 0.220 e. The van der Waals surface area contributed by atoms with Crippen LogP contribution in [0.2, 0.25) is 0 Å². The first kappa shape index (κ1) is 75.4. The van der Waals surface area contributed by atoms with Gasteiger partial charge in [0, 0.05) is 63.6 Å². The van der Waals surface area contributed by atoms with Gasteiger partial charge in [0.05, 0.1) is 24.4 Å². The van der Waals surface area contributed by atoms with Crippen LogP contribution in [0.5, 0.6) is 0 Å². The van der Waals surface area contributed by atoms with Crippen LogP contribution in [0.3, 0.4) is 0 Å². The van der Waals surface area contributed by atoms with Crippen molar-refractivity contribution in [3.05, 3.63) is 0 Å². The highest BCUT2D eigenvalue weighted by Crippen LogP contribution is 2.24. The lowest BCUT2D eigenvalue weighted by molar-refractivity contribution is -0.121. The second kappa shape index (κ2) is 60.5. The zero-order valence-corrected chi connectivity index (χ0v) is 52.4. The molecule has 6 N–H and O–H groups in total. The van der Waals surface area contributed by atoms with Crippen molar-refractivity contribution in [1.82, 2.24) is 20.4 Å². The molecule has 0 spiro atoms. The van der Waals surface area contributed by atoms with Gasteiger partial charge in [-0.25, -0.2) is 0 Å². The highest BCUT2D eigenvalue weighted by atomic mass is 33.1. The van der Waals surface area contributed by atoms with E-state index in [0.717, 1.165) is 114 Å². The molecule has 4 atom stereocenters. The third-order valence-electron chi connectivity index (χ3n) is 15.2. The van der Waals surface area contributed by atoms with Crippen LogP contribution < -0.4 is 10.6 Å². The molecule has 0 rings (SSSR count). The lowest BCUT2D eigenvalue weighted by atomic mass is 10.0. The van der Waals surface area contributed by atoms with E-state index in [0.29, 0.717) is 52.1 Å². The SMILES string of the molecule is CCCCCCCCCCC(O)CN(CCCCNC(=O)CCCSSCCCC(=O)NCCCCN(CC(O)CCCCCCCCCC)CC(O)CCCCCCCCCC)CC(O)CCCCCCCCCC. The third kappa shape index (κ3) is 56.7. The van der Waals surface area contributed by atoms with Gasteiger partial charge in [-0.2, -0.15) is 0 Å². The van der Waals surface area contributed by atoms with E-state index in [1.165, 1.54) is 180 Å². The zero-order valence-electron chi connectivity index (χ0n) is 50.8. The van der Waals surface area contributed by atoms with Gasteiger partial charge in [0.2, 0.25) is 11.8 Å². The molecule has 10 nitrogen and oxygen atoms in total. The molecule has 2 amide bonds. The van der Waals surface area contributed by atoms with Crippen molar-refractivity contribution in [1.29, 1.82) is 0 Å². The lowest BCUT2D eigenvalue weighted by Gasteiger charge is -2.27. The number of carbonyl (C=O) groups excluding carboxylic acids is 2. The maximum absolute atomic E-state index is 12.6. The van der Waals surface area contributed by atoms with E-state index in [1.807, 2.05) is 0 Å². The fourth-order valence-electron chi connectivity index (χ4n) is 10.4. The van der Waals surface area contributed by atoms with Gasteiger partial charge in [-0.1, -0.05) is 255 Å². The van der Waals surface area contributed by atoms with Crippen LogP contribution in [-0.2, 0) is 9.59 Å². The van der Waals surface area contributed by atoms with Gasteiger partial charge in [-0.3, -0.25) is 19.4 Å². The standard InChI is InChI=1S/C64H130N4O6S2/c1-5-9-13-17-21-25-29-33-43-59(69)55-67(56-60(70)44-34-30-26-22-18-14-10-6-2)51-39-37-49-65-63(73)47-41-53-75-76-54-42-48-64(74)66-50-38-40-52-68(57-61(71)45-35-31-27-23-19-15-11-7-3)58-62(72)46-36-32-28-24-20-16-12-8-4/h59-62,69-72H,5-58H2,1-4H3,(H,65,73)(H,66,74). The van der Waals surface area contributed by atoms with Gasteiger partial charge in [0.25, 0.3) is 0 Å². The largest absolute Gasteiger partial charge is 0.392 e. The van der Waals surface area contributed by atoms with Crippen molar-refractivity contribution in [3.8, 4) is 0 Å². The summed E-state index contributed by atoms with van der Waals surface area (Å²) in [6, 6.07) is 0. The predicted octanol–water partition coefficient (Wildman–Crippen LogP) is 15.9. The van der Waals surface area contributed by atoms with Gasteiger partial charge in [0.15, 0.2) is 0 Å². The van der Waals surface area contributed by atoms with Gasteiger partial charge >= 0.3 is 0 Å². The summed E-state index contributed by atoms with van der Waals surface area (Å²) >= 11 is 0. The smallest absolute Gasteiger partial charge is 0.220 e. The Morgan fingerprint density at radius 2 is 0.566 bits per heavy atom. The molecule has 0 aliphatic rings. The monoisotopic (exact) mass is 1110 g/mol. The molecular formula is C64H130N4O6S2. The Kier molecular flexibility index (Phi) is 60.0. The molecule has 0 radical (unpaired) electrons. The van der Waals surface area contributed by atoms with Crippen LogP contribution in [-0.4, -0.2) is 130 Å². The summed E-state index contributed by atoms with van der Waals surface area (Å²) in [6.45, 7) is 14.4. The van der Waals surface area contributed by atoms with Crippen LogP contribution in [0, 0.1) is 0 Å². The van der Waals surface area contributed by atoms with E-state index in [-0.39, 0.29) is 36.2 Å². The minimum absolute atomic E-state index is 0.103. The number of hydrogen-bond donors (Lipinski definition) is 6. The zero-order chi connectivity index (χ0) is 55.6. The number of unbranched alkanes of at least 4 members (excludes halogenated alkanes) is 30. The molecule has 454 valence electrons. The Labute approximate surface area is 479 Å². The summed E-state index contributed by atoms with van der Waals surface area (Å²) in [7, 11) is 3.57. The van der Waals surface area contributed by atoms with Crippen molar-refractivity contribution in [3.63, 3.8) is 0 Å². The molecular weight excluding hydrogens is 985 g/mol. The van der Waals surface area contributed by atoms with Crippen molar-refractivity contribution in [2.24, 2.45) is 0 Å². The predicted molar refractivity (Wildman–Crippen MR) is 334 cm³/mol. The molecule has 0 aromatic rings. The number of nitrogens with zero attached hydrogens (tertiary/aromatic N) is 2. The number of nitrogens with one attached hydrogen (secondary N) is 2. The van der Waals surface area contributed by atoms with Crippen LogP contribution in [0.4, 0.5) is 0 Å². The molecule has 0 saturated carbocycles. The summed E-state index contributed by atoms with van der Waals surface area (Å²) < 4.78 is 0. The highest BCUT2D eigenvalue weighted by molar-refractivity contribution is 8.76. The van der Waals surface area contributed by atoms with Crippen molar-refractivity contribution < 1.29 is 30.0 Å². The van der Waals surface area contributed by atoms with Crippen LogP contribution in [0.25, 0.3) is 0 Å². The fraction of sp³-hybridized carbons (Fsp3) is 0.969. The number of carbonyl (C=O) groups is 2. The van der Waals surface area contributed by atoms with E-state index in [4.69, 9.17) is 0 Å². The van der Waals surface area contributed by atoms with Crippen molar-refractivity contribution >= 4 is 33.4 Å². The number of aliphatic hydroxyl groups excluding tert-OH is 4. The third-order valence-corrected chi connectivity index (χ3v) is 17.8. The molecule has 0 fully saturated rings. The molecule has 0 aromatic heterocycles. The number of aliphatic hydroxyl groups is 4. The second-order valence-corrected chi connectivity index (χ2v) is 25.9. The first-order valence-corrected chi connectivity index (χ1v) is 35.6. The van der Waals surface area contributed by atoms with E-state index >= 15 is 0 Å². The molecule has 0 saturated heterocycles. The fourth-order valence-corrected chi connectivity index (χ4v) is 12.6. The summed E-state index contributed by atoms with van der Waals surface area (Å²) in [4.78, 5) is 29.7. The number of amides is 2. The Morgan fingerprint density at radius 1 is 0.329 bits per heavy atom. The number of rotatable bonds is 63. The Balaban J connectivity index is 4.39. The normalized spacial score (nSPS) is 13.4. The summed E-state index contributed by atoms with van der Waals surface area (Å²) in [5, 5.41) is 50.0. The molecule has 4 unspecified atom stereocenters. The average Bonchev–Trinajstić information content (AvgIpc) is 3.39. The molecule has 0 aliphatic carbocycles. The Morgan fingerprint density at radius 3 is 0.816 bits per heavy atom. The van der Waals surface area contributed by atoms with Gasteiger partial charge in [-0.05, 0) is 77.3 Å². The molecule has 0 aromatic carbocycles. The Bertz CT molecular complexity index is 1050. The summed E-state index contributed by atoms with van der Waals surface area (Å²) in [5.41, 5.74) is 0. The van der Waals surface area contributed by atoms with Gasteiger partial charge in [-0.15, -0.1) is 0 Å². The summed E-state index contributed by atoms with van der Waals surface area (Å²) in [6.07, 6.45) is 48.5. The first-order chi connectivity index (χ1) is 37.1. The molecule has 0 heterocycles.